The van der Waals surface area contributed by atoms with E-state index in [1.165, 1.54) is 19.4 Å². The summed E-state index contributed by atoms with van der Waals surface area (Å²) in [5.41, 5.74) is 0.405. The second-order valence-electron chi connectivity index (χ2n) is 3.60. The molecular formula is C11H8N4O4. The Hall–Kier alpha value is -2.95. The van der Waals surface area contributed by atoms with Gasteiger partial charge >= 0.3 is 11.9 Å². The largest absolute Gasteiger partial charge is 0.480 e. The lowest BCUT2D eigenvalue weighted by molar-refractivity contribution is -0.137. The number of methoxy groups -OCH3 is 1. The number of rotatable bonds is 3. The molecule has 8 nitrogen and oxygen atoms in total. The third kappa shape index (κ3) is 2.21. The average Bonchev–Trinajstić information content (AvgIpc) is 2.74. The fourth-order valence-electron chi connectivity index (χ4n) is 1.61. The van der Waals surface area contributed by atoms with Gasteiger partial charge in [0, 0.05) is 6.20 Å². The Morgan fingerprint density at radius 1 is 1.58 bits per heavy atom. The van der Waals surface area contributed by atoms with Crippen molar-refractivity contribution in [3.63, 3.8) is 0 Å². The van der Waals surface area contributed by atoms with Crippen molar-refractivity contribution in [1.29, 1.82) is 5.26 Å². The van der Waals surface area contributed by atoms with Gasteiger partial charge in [-0.15, -0.1) is 0 Å². The molecule has 0 spiro atoms. The highest BCUT2D eigenvalue weighted by Crippen LogP contribution is 2.18. The van der Waals surface area contributed by atoms with Gasteiger partial charge in [-0.2, -0.15) is 10.4 Å². The van der Waals surface area contributed by atoms with E-state index in [1.54, 1.807) is 0 Å². The van der Waals surface area contributed by atoms with Crippen molar-refractivity contribution in [2.75, 3.05) is 7.11 Å². The maximum atomic E-state index is 11.4. The van der Waals surface area contributed by atoms with Gasteiger partial charge in [-0.1, -0.05) is 0 Å². The molecule has 2 heterocycles. The summed E-state index contributed by atoms with van der Waals surface area (Å²) >= 11 is 0. The van der Waals surface area contributed by atoms with Crippen LogP contribution in [-0.4, -0.2) is 38.9 Å². The first-order chi connectivity index (χ1) is 9.06. The van der Waals surface area contributed by atoms with Crippen molar-refractivity contribution in [1.82, 2.24) is 14.8 Å². The Balaban J connectivity index is 2.63. The molecule has 0 radical (unpaired) electrons. The summed E-state index contributed by atoms with van der Waals surface area (Å²) in [7, 11) is 1.23. The molecule has 8 heteroatoms. The van der Waals surface area contributed by atoms with Crippen molar-refractivity contribution in [2.45, 2.75) is 6.54 Å². The Labute approximate surface area is 106 Å². The van der Waals surface area contributed by atoms with Crippen molar-refractivity contribution < 1.29 is 19.4 Å². The van der Waals surface area contributed by atoms with Gasteiger partial charge in [0.25, 0.3) is 0 Å². The Bertz CT molecular complexity index is 713. The number of nitriles is 1. The fraction of sp³-hybridized carbons (Fsp3) is 0.182. The summed E-state index contributed by atoms with van der Waals surface area (Å²) < 4.78 is 5.64. The smallest absolute Gasteiger partial charge is 0.339 e. The van der Waals surface area contributed by atoms with Gasteiger partial charge in [0.05, 0.1) is 18.1 Å². The second-order valence-corrected chi connectivity index (χ2v) is 3.60. The Morgan fingerprint density at radius 2 is 2.32 bits per heavy atom. The molecule has 0 aliphatic heterocycles. The first-order valence-electron chi connectivity index (χ1n) is 5.13. The van der Waals surface area contributed by atoms with Gasteiger partial charge in [-0.05, 0) is 6.07 Å². The molecule has 0 aliphatic carbocycles. The fourth-order valence-corrected chi connectivity index (χ4v) is 1.61. The Morgan fingerprint density at radius 3 is 2.89 bits per heavy atom. The minimum Gasteiger partial charge on any atom is -0.480 e. The first kappa shape index (κ1) is 12.5. The minimum absolute atomic E-state index is 0.00880. The van der Waals surface area contributed by atoms with Crippen molar-refractivity contribution in [2.24, 2.45) is 0 Å². The van der Waals surface area contributed by atoms with E-state index in [9.17, 15) is 9.59 Å². The van der Waals surface area contributed by atoms with E-state index < -0.39 is 18.5 Å². The van der Waals surface area contributed by atoms with Crippen LogP contribution in [0, 0.1) is 11.3 Å². The molecule has 2 aromatic heterocycles. The number of hydrogen-bond acceptors (Lipinski definition) is 6. The monoisotopic (exact) mass is 260 g/mol. The van der Waals surface area contributed by atoms with Gasteiger partial charge in [0.2, 0.25) is 0 Å². The minimum atomic E-state index is -1.10. The number of carboxylic acids is 1. The van der Waals surface area contributed by atoms with Crippen LogP contribution < -0.4 is 0 Å². The molecule has 0 saturated carbocycles. The van der Waals surface area contributed by atoms with Crippen LogP contribution in [-0.2, 0) is 16.1 Å². The zero-order valence-electron chi connectivity index (χ0n) is 9.82. The third-order valence-corrected chi connectivity index (χ3v) is 2.40. The van der Waals surface area contributed by atoms with E-state index in [2.05, 4.69) is 14.8 Å². The van der Waals surface area contributed by atoms with Crippen LogP contribution >= 0.6 is 0 Å². The van der Waals surface area contributed by atoms with E-state index in [-0.39, 0.29) is 16.9 Å². The summed E-state index contributed by atoms with van der Waals surface area (Å²) in [6.45, 7) is -0.414. The standard InChI is InChI=1S/C11H8N4O4/c1-19-11(18)6-2-7-8(3-12)14-15(5-9(16)17)10(7)13-4-6/h2,4H,5H2,1H3,(H,16,17). The van der Waals surface area contributed by atoms with Crippen LogP contribution in [0.4, 0.5) is 0 Å². The van der Waals surface area contributed by atoms with E-state index in [0.717, 1.165) is 4.68 Å². The molecule has 2 aromatic rings. The van der Waals surface area contributed by atoms with Gasteiger partial charge in [0.15, 0.2) is 11.3 Å². The molecule has 0 fully saturated rings. The van der Waals surface area contributed by atoms with Gasteiger partial charge in [0.1, 0.15) is 12.6 Å². The normalized spacial score (nSPS) is 10.1. The van der Waals surface area contributed by atoms with Crippen molar-refractivity contribution in [3.05, 3.63) is 23.5 Å². The quantitative estimate of drug-likeness (QED) is 0.781. The summed E-state index contributed by atoms with van der Waals surface area (Å²) in [5, 5.41) is 21.8. The lowest BCUT2D eigenvalue weighted by atomic mass is 10.2. The summed E-state index contributed by atoms with van der Waals surface area (Å²) in [6.07, 6.45) is 1.25. The lowest BCUT2D eigenvalue weighted by Gasteiger charge is -2.00. The van der Waals surface area contributed by atoms with E-state index in [0.29, 0.717) is 5.39 Å². The highest BCUT2D eigenvalue weighted by molar-refractivity contribution is 5.94. The summed E-state index contributed by atoms with van der Waals surface area (Å²) in [5.74, 6) is -1.70. The van der Waals surface area contributed by atoms with Crippen LogP contribution in [0.5, 0.6) is 0 Å². The SMILES string of the molecule is COC(=O)c1cnc2c(c1)c(C#N)nn2CC(=O)O. The van der Waals surface area contributed by atoms with Crippen LogP contribution in [0.25, 0.3) is 11.0 Å². The highest BCUT2D eigenvalue weighted by atomic mass is 16.5. The topological polar surface area (TPSA) is 118 Å². The van der Waals surface area contributed by atoms with Crippen LogP contribution in [0.3, 0.4) is 0 Å². The predicted octanol–water partition coefficient (Wildman–Crippen LogP) is 0.174. The molecule has 1 N–H and O–H groups in total. The number of nitrogens with zero attached hydrogens (tertiary/aromatic N) is 4. The first-order valence-corrected chi connectivity index (χ1v) is 5.13. The number of carbonyl (C=O) groups excluding carboxylic acids is 1. The third-order valence-electron chi connectivity index (χ3n) is 2.40. The van der Waals surface area contributed by atoms with E-state index in [1.807, 2.05) is 6.07 Å². The van der Waals surface area contributed by atoms with Gasteiger partial charge in [-0.3, -0.25) is 4.79 Å². The van der Waals surface area contributed by atoms with Crippen molar-refractivity contribution >= 4 is 23.0 Å². The van der Waals surface area contributed by atoms with E-state index in [4.69, 9.17) is 10.4 Å². The number of aromatic nitrogens is 3. The number of esters is 1. The number of ether oxygens (including phenoxy) is 1. The van der Waals surface area contributed by atoms with Gasteiger partial charge < -0.3 is 9.84 Å². The molecule has 0 atom stereocenters. The maximum Gasteiger partial charge on any atom is 0.339 e. The molecule has 0 saturated heterocycles. The second kappa shape index (κ2) is 4.73. The number of carboxylic acid groups (broad SMARTS) is 1. The number of carbonyl (C=O) groups is 2. The van der Waals surface area contributed by atoms with Crippen LogP contribution in [0.15, 0.2) is 12.3 Å². The molecule has 0 unspecified atom stereocenters. The Kier molecular flexibility index (Phi) is 3.12. The molecule has 96 valence electrons. The molecule has 19 heavy (non-hydrogen) atoms. The molecule has 0 aromatic carbocycles. The van der Waals surface area contributed by atoms with E-state index >= 15 is 0 Å². The number of pyridine rings is 1. The van der Waals surface area contributed by atoms with Crippen molar-refractivity contribution in [3.8, 4) is 6.07 Å². The predicted molar refractivity (Wildman–Crippen MR) is 61.2 cm³/mol. The molecule has 0 amide bonds. The highest BCUT2D eigenvalue weighted by Gasteiger charge is 2.16. The number of hydrogen-bond donors (Lipinski definition) is 1. The average molecular weight is 260 g/mol. The number of fused-ring (bicyclic) bond motifs is 1. The maximum absolute atomic E-state index is 11.4. The summed E-state index contributed by atoms with van der Waals surface area (Å²) in [4.78, 5) is 26.0. The number of aliphatic carboxylic acids is 1. The zero-order chi connectivity index (χ0) is 14.0. The van der Waals surface area contributed by atoms with Crippen LogP contribution in [0.2, 0.25) is 0 Å². The molecular weight excluding hydrogens is 252 g/mol. The molecule has 2 rings (SSSR count). The van der Waals surface area contributed by atoms with Crippen LogP contribution in [0.1, 0.15) is 16.1 Å². The van der Waals surface area contributed by atoms with Gasteiger partial charge in [-0.25, -0.2) is 14.5 Å². The summed E-state index contributed by atoms with van der Waals surface area (Å²) in [6, 6.07) is 3.23. The molecule has 0 bridgehead atoms. The zero-order valence-corrected chi connectivity index (χ0v) is 9.82. The lowest BCUT2D eigenvalue weighted by Crippen LogP contribution is -2.11. The molecule has 0 aliphatic rings.